The topological polar surface area (TPSA) is 76.5 Å². The number of urea groups is 1. The Labute approximate surface area is 152 Å². The second-order valence-corrected chi connectivity index (χ2v) is 6.70. The molecule has 1 saturated heterocycles. The Morgan fingerprint density at radius 3 is 2.71 bits per heavy atom. The fraction of sp³-hybridized carbons (Fsp3) is 0.400. The Kier molecular flexibility index (Phi) is 4.80. The van der Waals surface area contributed by atoms with Gasteiger partial charge in [-0.1, -0.05) is 29.8 Å². The molecule has 9 heteroatoms. The van der Waals surface area contributed by atoms with Gasteiger partial charge in [0, 0.05) is 18.6 Å². The number of hydrogen-bond acceptors (Lipinski definition) is 5. The molecular formula is C15H16BrClN4O3. The lowest BCUT2D eigenvalue weighted by atomic mass is 10.1. The zero-order valence-corrected chi connectivity index (χ0v) is 15.2. The average Bonchev–Trinajstić information content (AvgIpc) is 2.89. The molecule has 2 unspecified atom stereocenters. The number of β-amino-alcohol motifs (C(OH)–C–C–N with tert-alkyl or cyclic N) is 1. The van der Waals surface area contributed by atoms with Crippen LogP contribution in [0.4, 0.5) is 4.79 Å². The highest BCUT2D eigenvalue weighted by Crippen LogP contribution is 2.31. The second-order valence-electron chi connectivity index (χ2n) is 5.58. The van der Waals surface area contributed by atoms with E-state index >= 15 is 0 Å². The molecule has 2 heterocycles. The Balaban J connectivity index is 1.92. The van der Waals surface area contributed by atoms with Crippen molar-refractivity contribution in [3.63, 3.8) is 0 Å². The number of rotatable bonds is 4. The molecular weight excluding hydrogens is 400 g/mol. The fourth-order valence-corrected chi connectivity index (χ4v) is 3.68. The summed E-state index contributed by atoms with van der Waals surface area (Å²) in [5.74, 6) is -0.373. The minimum Gasteiger partial charge on any atom is -0.395 e. The summed E-state index contributed by atoms with van der Waals surface area (Å²) < 4.78 is 0.497. The second kappa shape index (κ2) is 6.70. The van der Waals surface area contributed by atoms with Gasteiger partial charge in [-0.15, -0.1) is 0 Å². The highest BCUT2D eigenvalue weighted by Gasteiger charge is 2.51. The molecule has 0 spiro atoms. The molecule has 1 aromatic rings. The van der Waals surface area contributed by atoms with Gasteiger partial charge in [-0.3, -0.25) is 9.69 Å². The van der Waals surface area contributed by atoms with Gasteiger partial charge in [0.1, 0.15) is 0 Å². The summed E-state index contributed by atoms with van der Waals surface area (Å²) in [6.45, 7) is 0.0592. The number of amidine groups is 1. The zero-order valence-electron chi connectivity index (χ0n) is 12.9. The van der Waals surface area contributed by atoms with Crippen molar-refractivity contribution in [3.05, 3.63) is 34.9 Å². The first-order valence-electron chi connectivity index (χ1n) is 7.38. The Morgan fingerprint density at radius 2 is 2.04 bits per heavy atom. The third kappa shape index (κ3) is 2.78. The fourth-order valence-electron chi connectivity index (χ4n) is 2.93. The van der Waals surface area contributed by atoms with Crippen LogP contribution in [-0.4, -0.2) is 68.9 Å². The third-order valence-electron chi connectivity index (χ3n) is 4.16. The average molecular weight is 416 g/mol. The molecule has 1 fully saturated rings. The van der Waals surface area contributed by atoms with Crippen LogP contribution in [0.15, 0.2) is 29.3 Å². The van der Waals surface area contributed by atoms with Gasteiger partial charge in [0.15, 0.2) is 17.0 Å². The lowest BCUT2D eigenvalue weighted by Crippen LogP contribution is -2.65. The maximum atomic E-state index is 12.8. The van der Waals surface area contributed by atoms with E-state index in [2.05, 4.69) is 20.9 Å². The van der Waals surface area contributed by atoms with Crippen LogP contribution in [0.3, 0.4) is 0 Å². The minimum absolute atomic E-state index is 0.0389. The Bertz CT molecular complexity index is 714. The molecule has 2 atom stereocenters. The molecule has 7 nitrogen and oxygen atoms in total. The summed E-state index contributed by atoms with van der Waals surface area (Å²) in [6, 6.07) is 6.26. The van der Waals surface area contributed by atoms with E-state index in [0.717, 1.165) is 10.5 Å². The Morgan fingerprint density at radius 1 is 1.33 bits per heavy atom. The molecule has 128 valence electrons. The number of fused-ring (bicyclic) bond motifs is 1. The summed E-state index contributed by atoms with van der Waals surface area (Å²) in [5.41, 5.74) is 0.855. The normalized spacial score (nSPS) is 23.7. The smallest absolute Gasteiger partial charge is 0.328 e. The van der Waals surface area contributed by atoms with Crippen LogP contribution < -0.4 is 0 Å². The number of nitrogens with zero attached hydrogens (tertiary/aromatic N) is 4. The predicted octanol–water partition coefficient (Wildman–Crippen LogP) is 1.49. The van der Waals surface area contributed by atoms with Gasteiger partial charge >= 0.3 is 6.03 Å². The van der Waals surface area contributed by atoms with Crippen molar-refractivity contribution in [2.45, 2.75) is 18.8 Å². The quantitative estimate of drug-likeness (QED) is 0.756. The van der Waals surface area contributed by atoms with Crippen molar-refractivity contribution in [1.82, 2.24) is 14.7 Å². The van der Waals surface area contributed by atoms with E-state index < -0.39 is 18.2 Å². The standard InChI is InChI=1S/C15H16BrClN4O3/c1-19-12-11(13(23)20(6-7-22)15(19)24)21(14(16)18-12)8-9-4-2-3-5-10(9)17/h2-5,11-12,22H,6-8H2,1H3. The van der Waals surface area contributed by atoms with E-state index in [4.69, 9.17) is 16.7 Å². The van der Waals surface area contributed by atoms with Gasteiger partial charge < -0.3 is 14.9 Å². The molecule has 0 saturated carbocycles. The van der Waals surface area contributed by atoms with Crippen LogP contribution in [0.1, 0.15) is 5.56 Å². The molecule has 24 heavy (non-hydrogen) atoms. The minimum atomic E-state index is -0.648. The van der Waals surface area contributed by atoms with Gasteiger partial charge in [-0.2, -0.15) is 0 Å². The van der Waals surface area contributed by atoms with E-state index in [-0.39, 0.29) is 19.1 Å². The van der Waals surface area contributed by atoms with Crippen LogP contribution in [0.2, 0.25) is 5.02 Å². The molecule has 2 aliphatic rings. The van der Waals surface area contributed by atoms with Crippen molar-refractivity contribution in [1.29, 1.82) is 0 Å². The first-order chi connectivity index (χ1) is 11.5. The number of aliphatic hydroxyl groups is 1. The number of carbonyl (C=O) groups excluding carboxylic acids is 2. The molecule has 3 amide bonds. The van der Waals surface area contributed by atoms with Gasteiger partial charge in [0.25, 0.3) is 5.91 Å². The number of carbonyl (C=O) groups is 2. The summed E-state index contributed by atoms with van der Waals surface area (Å²) in [7, 11) is 1.60. The van der Waals surface area contributed by atoms with E-state index in [9.17, 15) is 9.59 Å². The van der Waals surface area contributed by atoms with Gasteiger partial charge in [0.05, 0.1) is 13.2 Å². The summed E-state index contributed by atoms with van der Waals surface area (Å²) in [5, 5.41) is 9.74. The number of hydrogen-bond donors (Lipinski definition) is 1. The van der Waals surface area contributed by atoms with Crippen LogP contribution in [0.25, 0.3) is 0 Å². The number of benzene rings is 1. The molecule has 0 aliphatic carbocycles. The first kappa shape index (κ1) is 17.2. The van der Waals surface area contributed by atoms with Gasteiger partial charge in [-0.05, 0) is 27.6 Å². The van der Waals surface area contributed by atoms with Crippen molar-refractivity contribution in [2.75, 3.05) is 20.2 Å². The predicted molar refractivity (Wildman–Crippen MR) is 92.9 cm³/mol. The number of aliphatic imine (C=N–C) groups is 1. The number of amides is 3. The van der Waals surface area contributed by atoms with Crippen LogP contribution >= 0.6 is 27.5 Å². The zero-order chi connectivity index (χ0) is 17.4. The van der Waals surface area contributed by atoms with E-state index in [1.54, 1.807) is 18.0 Å². The van der Waals surface area contributed by atoms with Crippen LogP contribution in [-0.2, 0) is 11.3 Å². The lowest BCUT2D eigenvalue weighted by Gasteiger charge is -2.41. The largest absolute Gasteiger partial charge is 0.395 e. The summed E-state index contributed by atoms with van der Waals surface area (Å²) in [6.07, 6.45) is -0.600. The number of likely N-dealkylation sites (N-methyl/N-ethyl adjacent to an activating group) is 1. The number of aliphatic hydroxyl groups excluding tert-OH is 1. The van der Waals surface area contributed by atoms with Gasteiger partial charge in [-0.25, -0.2) is 9.79 Å². The molecule has 3 rings (SSSR count). The van der Waals surface area contributed by atoms with E-state index in [0.29, 0.717) is 16.3 Å². The molecule has 1 aromatic carbocycles. The maximum Gasteiger partial charge on any atom is 0.328 e. The highest BCUT2D eigenvalue weighted by atomic mass is 79.9. The summed E-state index contributed by atoms with van der Waals surface area (Å²) in [4.78, 5) is 33.7. The van der Waals surface area contributed by atoms with Crippen LogP contribution in [0.5, 0.6) is 0 Å². The number of imide groups is 1. The van der Waals surface area contributed by atoms with E-state index in [1.165, 1.54) is 4.90 Å². The molecule has 0 aromatic heterocycles. The number of halogens is 2. The van der Waals surface area contributed by atoms with Crippen LogP contribution in [0, 0.1) is 0 Å². The Hall–Kier alpha value is -1.64. The van der Waals surface area contributed by atoms with Crippen molar-refractivity contribution in [2.24, 2.45) is 4.99 Å². The monoisotopic (exact) mass is 414 g/mol. The van der Waals surface area contributed by atoms with Crippen molar-refractivity contribution in [3.8, 4) is 0 Å². The molecule has 2 aliphatic heterocycles. The van der Waals surface area contributed by atoms with Gasteiger partial charge in [0.2, 0.25) is 0 Å². The molecule has 0 radical (unpaired) electrons. The lowest BCUT2D eigenvalue weighted by molar-refractivity contribution is -0.138. The third-order valence-corrected chi connectivity index (χ3v) is 5.19. The summed E-state index contributed by atoms with van der Waals surface area (Å²) >= 11 is 9.60. The maximum absolute atomic E-state index is 12.8. The van der Waals surface area contributed by atoms with E-state index in [1.807, 2.05) is 18.2 Å². The SMILES string of the molecule is CN1C(=O)N(CCO)C(=O)C2C1N=C(Br)N2Cc1ccccc1Cl. The highest BCUT2D eigenvalue weighted by molar-refractivity contribution is 9.18. The van der Waals surface area contributed by atoms with Crippen molar-refractivity contribution >= 4 is 44.2 Å². The van der Waals surface area contributed by atoms with Crippen molar-refractivity contribution < 1.29 is 14.7 Å². The first-order valence-corrected chi connectivity index (χ1v) is 8.55. The molecule has 1 N–H and O–H groups in total. The molecule has 0 bridgehead atoms.